The van der Waals surface area contributed by atoms with Gasteiger partial charge in [-0.05, 0) is 77.3 Å². The number of hydrazone groups is 1. The van der Waals surface area contributed by atoms with Gasteiger partial charge in [-0.15, -0.1) is 0 Å². The van der Waals surface area contributed by atoms with Crippen LogP contribution in [0.2, 0.25) is 5.02 Å². The average molecular weight is 785 g/mol. The second-order valence-electron chi connectivity index (χ2n) is 12.5. The third-order valence-corrected chi connectivity index (χ3v) is 10.00. The number of carbonyl (C=O) groups is 1. The Morgan fingerprint density at radius 2 is 1.90 bits per heavy atom. The summed E-state index contributed by atoms with van der Waals surface area (Å²) in [4.78, 5) is 14.2. The van der Waals surface area contributed by atoms with E-state index in [1.54, 1.807) is 23.2 Å². The van der Waals surface area contributed by atoms with E-state index >= 15 is 0 Å². The Morgan fingerprint density at radius 1 is 1.17 bits per heavy atom. The van der Waals surface area contributed by atoms with Gasteiger partial charge >= 0.3 is 0 Å². The van der Waals surface area contributed by atoms with Crippen molar-refractivity contribution >= 4 is 64.2 Å². The van der Waals surface area contributed by atoms with Gasteiger partial charge in [0.1, 0.15) is 12.3 Å². The van der Waals surface area contributed by atoms with Gasteiger partial charge in [-0.3, -0.25) is 9.80 Å². The first-order valence-electron chi connectivity index (χ1n) is 15.8. The molecule has 1 aliphatic carbocycles. The molecule has 0 spiro atoms. The summed E-state index contributed by atoms with van der Waals surface area (Å²) in [5.74, 6) is 1.23. The van der Waals surface area contributed by atoms with Gasteiger partial charge in [-0.25, -0.2) is 18.3 Å². The lowest BCUT2D eigenvalue weighted by molar-refractivity contribution is -0.404. The maximum atomic E-state index is 14.0. The number of benzene rings is 3. The minimum absolute atomic E-state index is 0.158. The molecule has 1 saturated carbocycles. The van der Waals surface area contributed by atoms with Crippen LogP contribution in [-0.2, 0) is 4.79 Å². The van der Waals surface area contributed by atoms with Crippen LogP contribution in [-0.4, -0.2) is 47.1 Å². The summed E-state index contributed by atoms with van der Waals surface area (Å²) in [6.45, 7) is 5.38. The number of alkyl halides is 2. The molecule has 2 fully saturated rings. The molecular weight excluding hydrogens is 749 g/mol. The van der Waals surface area contributed by atoms with E-state index in [9.17, 15) is 18.8 Å². The zero-order valence-corrected chi connectivity index (χ0v) is 29.0. The largest absolute Gasteiger partial charge is 0.619 e. The Labute approximate surface area is 297 Å². The number of hydrogen-bond acceptors (Lipinski definition) is 5. The third-order valence-electron chi connectivity index (χ3n) is 9.48. The zero-order valence-electron chi connectivity index (χ0n) is 26.1. The van der Waals surface area contributed by atoms with Crippen LogP contribution in [0.5, 0.6) is 0 Å². The van der Waals surface area contributed by atoms with Crippen LogP contribution in [0.3, 0.4) is 0 Å². The minimum atomic E-state index is -2.86. The standard InChI is InChI=1S/C36H36ClF2IN6O2/c1-23(24-6-3-2-4-7-24)34(27-9-5-8-26(18-27)25-14-16-44(17-15-25)35(47)31-20-36(31,38)39)33-12-10-28(21-46(33)48)30-19-29(37)11-13-32(30)45(41)22-42-43-40/h2-9,11-13,18-19,21-22,25,28,31,34,43H,1,10,14-17,20,41H2/b42-22-/t28?,31?,34-/m0/s1. The molecule has 2 unspecified atom stereocenters. The number of nitrogens with one attached hydrogen (secondary N) is 1. The highest BCUT2D eigenvalue weighted by Gasteiger charge is 2.62. The first-order valence-corrected chi connectivity index (χ1v) is 17.3. The predicted molar refractivity (Wildman–Crippen MR) is 195 cm³/mol. The van der Waals surface area contributed by atoms with Crippen molar-refractivity contribution in [1.29, 1.82) is 0 Å². The zero-order chi connectivity index (χ0) is 34.0. The molecule has 3 aliphatic rings. The number of rotatable bonds is 10. The summed E-state index contributed by atoms with van der Waals surface area (Å²) >= 11 is 8.28. The van der Waals surface area contributed by atoms with Gasteiger partial charge in [0.15, 0.2) is 11.9 Å². The lowest BCUT2D eigenvalue weighted by Crippen LogP contribution is -2.39. The fourth-order valence-corrected chi connectivity index (χ4v) is 7.11. The topological polar surface area (TPSA) is 100 Å². The molecular formula is C36H36ClF2IN6O2. The van der Waals surface area contributed by atoms with E-state index in [1.165, 1.54) is 11.3 Å². The van der Waals surface area contributed by atoms with E-state index in [0.717, 1.165) is 32.6 Å². The maximum Gasteiger partial charge on any atom is 0.260 e. The van der Waals surface area contributed by atoms with Gasteiger partial charge in [0, 0.05) is 24.5 Å². The van der Waals surface area contributed by atoms with Crippen LogP contribution in [0.1, 0.15) is 65.7 Å². The summed E-state index contributed by atoms with van der Waals surface area (Å²) in [5.41, 5.74) is 5.74. The van der Waals surface area contributed by atoms with E-state index in [1.807, 2.05) is 77.5 Å². The van der Waals surface area contributed by atoms with Crippen molar-refractivity contribution in [2.45, 2.75) is 49.4 Å². The van der Waals surface area contributed by atoms with Gasteiger partial charge in [-0.1, -0.05) is 72.8 Å². The van der Waals surface area contributed by atoms with E-state index in [4.69, 9.17) is 17.4 Å². The molecule has 2 heterocycles. The number of hydrazine groups is 1. The van der Waals surface area contributed by atoms with Crippen molar-refractivity contribution in [3.8, 4) is 0 Å². The number of piperidine rings is 1. The van der Waals surface area contributed by atoms with Gasteiger partial charge in [-0.2, -0.15) is 9.84 Å². The quantitative estimate of drug-likeness (QED) is 0.0321. The Hall–Kier alpha value is -3.81. The van der Waals surface area contributed by atoms with Crippen molar-refractivity contribution in [1.82, 2.24) is 8.54 Å². The molecule has 2 aliphatic heterocycles. The van der Waals surface area contributed by atoms with Crippen LogP contribution in [0.25, 0.3) is 5.57 Å². The molecule has 250 valence electrons. The lowest BCUT2D eigenvalue weighted by atomic mass is 9.80. The number of amides is 1. The summed E-state index contributed by atoms with van der Waals surface area (Å²) in [6, 6.07) is 23.3. The highest BCUT2D eigenvalue weighted by Crippen LogP contribution is 2.50. The van der Waals surface area contributed by atoms with Crippen LogP contribution >= 0.6 is 34.5 Å². The molecule has 6 rings (SSSR count). The van der Waals surface area contributed by atoms with Crippen molar-refractivity contribution in [3.63, 3.8) is 0 Å². The Morgan fingerprint density at radius 3 is 2.56 bits per heavy atom. The lowest BCUT2D eigenvalue weighted by Gasteiger charge is -2.33. The molecule has 0 radical (unpaired) electrons. The minimum Gasteiger partial charge on any atom is -0.619 e. The van der Waals surface area contributed by atoms with Crippen LogP contribution in [0, 0.1) is 11.1 Å². The summed E-state index contributed by atoms with van der Waals surface area (Å²) < 4.78 is 30.7. The number of nitrogens with zero attached hydrogens (tertiary/aromatic N) is 4. The highest BCUT2D eigenvalue weighted by molar-refractivity contribution is 14.1. The molecule has 3 N–H and O–H groups in total. The SMILES string of the molecule is C=C(c1ccccc1)[C@H](C1=CCC(c2cc(Cl)ccc2N(N)/C=N\NI)C=[N+]1[O-])c1cccc(C2CCN(C(=O)C3CC3(F)F)CC2)c1. The fourth-order valence-electron chi connectivity index (χ4n) is 6.80. The molecule has 48 heavy (non-hydrogen) atoms. The summed E-state index contributed by atoms with van der Waals surface area (Å²) in [6.07, 6.45) is 6.61. The van der Waals surface area contributed by atoms with Gasteiger partial charge in [0.05, 0.1) is 40.4 Å². The summed E-state index contributed by atoms with van der Waals surface area (Å²) in [7, 11) is 0. The van der Waals surface area contributed by atoms with E-state index < -0.39 is 23.7 Å². The number of hydroxylamine groups is 1. The number of allylic oxidation sites excluding steroid dienone is 2. The van der Waals surface area contributed by atoms with Gasteiger partial charge in [0.2, 0.25) is 5.91 Å². The number of carbonyl (C=O) groups excluding carboxylic acids is 1. The van der Waals surface area contributed by atoms with Crippen LogP contribution in [0.4, 0.5) is 14.5 Å². The monoisotopic (exact) mass is 784 g/mol. The van der Waals surface area contributed by atoms with E-state index in [0.29, 0.717) is 48.8 Å². The van der Waals surface area contributed by atoms with Crippen molar-refractivity contribution in [2.75, 3.05) is 18.1 Å². The third kappa shape index (κ3) is 7.28. The van der Waals surface area contributed by atoms with Crippen molar-refractivity contribution in [3.05, 3.63) is 124 Å². The number of likely N-dealkylation sites (tertiary alicyclic amines) is 1. The number of hydrogen-bond donors (Lipinski definition) is 2. The maximum absolute atomic E-state index is 14.0. The van der Waals surface area contributed by atoms with Crippen LogP contribution in [0.15, 0.2) is 96.2 Å². The molecule has 12 heteroatoms. The molecule has 0 bridgehead atoms. The first-order chi connectivity index (χ1) is 23.1. The normalized spacial score (nSPS) is 21.3. The molecule has 1 amide bonds. The summed E-state index contributed by atoms with van der Waals surface area (Å²) in [5, 5.41) is 19.9. The number of anilines is 1. The smallest absolute Gasteiger partial charge is 0.260 e. The molecule has 8 nitrogen and oxygen atoms in total. The van der Waals surface area contributed by atoms with Gasteiger partial charge < -0.3 is 10.1 Å². The average Bonchev–Trinajstić information content (AvgIpc) is 3.75. The fraction of sp³-hybridized carbons (Fsp3) is 0.306. The highest BCUT2D eigenvalue weighted by atomic mass is 127. The second-order valence-corrected chi connectivity index (χ2v) is 13.4. The number of halogens is 4. The predicted octanol–water partition coefficient (Wildman–Crippen LogP) is 7.71. The Kier molecular flexibility index (Phi) is 10.2. The first kappa shape index (κ1) is 34.1. The van der Waals surface area contributed by atoms with Crippen LogP contribution < -0.4 is 14.5 Å². The van der Waals surface area contributed by atoms with Crippen molar-refractivity contribution in [2.24, 2.45) is 16.9 Å². The Bertz CT molecular complexity index is 1780. The van der Waals surface area contributed by atoms with E-state index in [2.05, 4.69) is 27.5 Å². The molecule has 1 saturated heterocycles. The van der Waals surface area contributed by atoms with Gasteiger partial charge in [0.25, 0.3) is 5.92 Å². The number of nitrogens with two attached hydrogens (primary N) is 1. The molecule has 3 aromatic rings. The molecule has 3 atom stereocenters. The van der Waals surface area contributed by atoms with E-state index in [-0.39, 0.29) is 18.3 Å². The molecule has 0 aromatic heterocycles. The van der Waals surface area contributed by atoms with Crippen molar-refractivity contribution < 1.29 is 18.3 Å². The second kappa shape index (κ2) is 14.4. The Balaban J connectivity index is 1.28. The molecule has 3 aromatic carbocycles.